The Kier molecular flexibility index (Phi) is 7.10. The third-order valence-corrected chi connectivity index (χ3v) is 5.15. The monoisotopic (exact) mass is 453 g/mol. The number of benzene rings is 2. The number of para-hydroxylation sites is 1. The van der Waals surface area contributed by atoms with Crippen LogP contribution in [-0.4, -0.2) is 28.3 Å². The van der Waals surface area contributed by atoms with Crippen molar-refractivity contribution in [2.45, 2.75) is 33.6 Å². The van der Waals surface area contributed by atoms with Gasteiger partial charge in [0.05, 0.1) is 5.69 Å². The van der Waals surface area contributed by atoms with Crippen LogP contribution in [0.3, 0.4) is 0 Å². The molecule has 166 valence electrons. The highest BCUT2D eigenvalue weighted by Gasteiger charge is 2.19. The largest absolute Gasteiger partial charge is 0.451 e. The molecule has 7 nitrogen and oxygen atoms in total. The zero-order valence-corrected chi connectivity index (χ0v) is 19.1. The molecular formula is C24H24ClN3O4. The summed E-state index contributed by atoms with van der Waals surface area (Å²) in [6, 6.07) is 13.8. The highest BCUT2D eigenvalue weighted by Crippen LogP contribution is 2.27. The molecule has 8 heteroatoms. The van der Waals surface area contributed by atoms with Crippen LogP contribution in [0.4, 0.5) is 5.69 Å². The van der Waals surface area contributed by atoms with Crippen LogP contribution >= 0.6 is 11.6 Å². The van der Waals surface area contributed by atoms with Crippen LogP contribution < -0.4 is 10.7 Å². The van der Waals surface area contributed by atoms with Crippen molar-refractivity contribution in [1.29, 1.82) is 0 Å². The van der Waals surface area contributed by atoms with Gasteiger partial charge in [0, 0.05) is 22.5 Å². The van der Waals surface area contributed by atoms with Gasteiger partial charge < -0.3 is 10.1 Å². The average Bonchev–Trinajstić information content (AvgIpc) is 2.74. The molecule has 0 aliphatic rings. The van der Waals surface area contributed by atoms with Gasteiger partial charge in [0.1, 0.15) is 0 Å². The first-order valence-electron chi connectivity index (χ1n) is 10.1. The maximum absolute atomic E-state index is 12.5. The Hall–Kier alpha value is -3.45. The second-order valence-corrected chi connectivity index (χ2v) is 8.14. The minimum Gasteiger partial charge on any atom is -0.451 e. The van der Waals surface area contributed by atoms with Gasteiger partial charge in [0.2, 0.25) is 11.1 Å². The van der Waals surface area contributed by atoms with Crippen molar-refractivity contribution < 1.29 is 14.3 Å². The molecule has 1 amide bonds. The number of nitrogens with zero attached hydrogens (tertiary/aromatic N) is 2. The Morgan fingerprint density at radius 3 is 2.47 bits per heavy atom. The normalized spacial score (nSPS) is 10.8. The first kappa shape index (κ1) is 23.2. The van der Waals surface area contributed by atoms with Crippen LogP contribution in [0.2, 0.25) is 5.02 Å². The molecule has 0 radical (unpaired) electrons. The van der Waals surface area contributed by atoms with Crippen molar-refractivity contribution in [2.24, 2.45) is 0 Å². The lowest BCUT2D eigenvalue weighted by Crippen LogP contribution is -2.27. The molecule has 0 aliphatic heterocycles. The minimum atomic E-state index is -0.971. The van der Waals surface area contributed by atoms with Crippen LogP contribution in [0.5, 0.6) is 0 Å². The molecule has 0 bridgehead atoms. The summed E-state index contributed by atoms with van der Waals surface area (Å²) in [4.78, 5) is 37.3. The van der Waals surface area contributed by atoms with Gasteiger partial charge in [-0.2, -0.15) is 5.10 Å². The van der Waals surface area contributed by atoms with Gasteiger partial charge in [-0.15, -0.1) is 0 Å². The van der Waals surface area contributed by atoms with Crippen LogP contribution in [0.25, 0.3) is 5.69 Å². The van der Waals surface area contributed by atoms with Gasteiger partial charge >= 0.3 is 5.97 Å². The summed E-state index contributed by atoms with van der Waals surface area (Å²) in [6.07, 6.45) is 0. The van der Waals surface area contributed by atoms with E-state index in [9.17, 15) is 14.4 Å². The summed E-state index contributed by atoms with van der Waals surface area (Å²) >= 11 is 5.92. The molecular weight excluding hydrogens is 430 g/mol. The number of anilines is 1. The highest BCUT2D eigenvalue weighted by atomic mass is 35.5. The van der Waals surface area contributed by atoms with Crippen molar-refractivity contribution in [3.63, 3.8) is 0 Å². The first-order valence-corrected chi connectivity index (χ1v) is 10.5. The summed E-state index contributed by atoms with van der Waals surface area (Å²) in [5.41, 5.74) is 2.75. The van der Waals surface area contributed by atoms with E-state index in [0.29, 0.717) is 22.1 Å². The molecule has 2 aromatic carbocycles. The number of hydrogen-bond donors (Lipinski definition) is 1. The number of nitrogens with one attached hydrogen (secondary N) is 1. The van der Waals surface area contributed by atoms with Crippen molar-refractivity contribution >= 4 is 29.2 Å². The zero-order chi connectivity index (χ0) is 23.4. The van der Waals surface area contributed by atoms with Gasteiger partial charge in [0.15, 0.2) is 6.61 Å². The molecule has 0 fully saturated rings. The Bertz CT molecular complexity index is 1220. The molecule has 3 aromatic rings. The number of amides is 1. The standard InChI is InChI=1S/C24H24ClN3O4/c1-14(2)19-7-5-6-15(3)22(19)26-21(30)13-32-24(31)23-20(29)12-16(4)28(27-23)18-10-8-17(25)9-11-18/h5-12,14H,13H2,1-4H3,(H,26,30). The fraction of sp³-hybridized carbons (Fsp3) is 0.250. The summed E-state index contributed by atoms with van der Waals surface area (Å²) in [7, 11) is 0. The van der Waals surface area contributed by atoms with E-state index < -0.39 is 29.6 Å². The number of aromatic nitrogens is 2. The molecule has 0 spiro atoms. The number of esters is 1. The van der Waals surface area contributed by atoms with E-state index in [4.69, 9.17) is 16.3 Å². The number of ether oxygens (including phenoxy) is 1. The Morgan fingerprint density at radius 1 is 1.12 bits per heavy atom. The number of carbonyl (C=O) groups is 2. The molecule has 0 saturated carbocycles. The van der Waals surface area contributed by atoms with Crippen LogP contribution in [0, 0.1) is 13.8 Å². The quantitative estimate of drug-likeness (QED) is 0.558. The molecule has 0 aliphatic carbocycles. The molecule has 0 atom stereocenters. The number of aryl methyl sites for hydroxylation is 2. The Labute approximate surface area is 191 Å². The van der Waals surface area contributed by atoms with E-state index in [1.165, 1.54) is 10.7 Å². The third-order valence-electron chi connectivity index (χ3n) is 4.90. The molecule has 1 N–H and O–H groups in total. The second kappa shape index (κ2) is 9.78. The maximum Gasteiger partial charge on any atom is 0.363 e. The number of hydrogen-bond acceptors (Lipinski definition) is 5. The summed E-state index contributed by atoms with van der Waals surface area (Å²) in [5.74, 6) is -1.27. The number of rotatable bonds is 6. The van der Waals surface area contributed by atoms with Crippen LogP contribution in [-0.2, 0) is 9.53 Å². The van der Waals surface area contributed by atoms with E-state index >= 15 is 0 Å². The smallest absolute Gasteiger partial charge is 0.363 e. The predicted molar refractivity (Wildman–Crippen MR) is 124 cm³/mol. The fourth-order valence-corrected chi connectivity index (χ4v) is 3.38. The van der Waals surface area contributed by atoms with E-state index in [1.54, 1.807) is 31.2 Å². The topological polar surface area (TPSA) is 90.3 Å². The molecule has 0 unspecified atom stereocenters. The minimum absolute atomic E-state index is 0.204. The van der Waals surface area contributed by atoms with Crippen LogP contribution in [0.15, 0.2) is 53.3 Å². The lowest BCUT2D eigenvalue weighted by Gasteiger charge is -2.16. The SMILES string of the molecule is Cc1cccc(C(C)C)c1NC(=O)COC(=O)c1nn(-c2ccc(Cl)cc2)c(C)cc1=O. The van der Waals surface area contributed by atoms with Crippen molar-refractivity contribution in [2.75, 3.05) is 11.9 Å². The van der Waals surface area contributed by atoms with Crippen molar-refractivity contribution in [1.82, 2.24) is 9.78 Å². The lowest BCUT2D eigenvalue weighted by atomic mass is 9.98. The van der Waals surface area contributed by atoms with Crippen LogP contribution in [0.1, 0.15) is 47.1 Å². The van der Waals surface area contributed by atoms with Crippen molar-refractivity contribution in [3.8, 4) is 5.69 Å². The lowest BCUT2D eigenvalue weighted by molar-refractivity contribution is -0.119. The molecule has 32 heavy (non-hydrogen) atoms. The van der Waals surface area contributed by atoms with E-state index in [2.05, 4.69) is 10.4 Å². The van der Waals surface area contributed by atoms with E-state index in [-0.39, 0.29) is 5.92 Å². The second-order valence-electron chi connectivity index (χ2n) is 7.70. The Balaban J connectivity index is 1.76. The maximum atomic E-state index is 12.5. The van der Waals surface area contributed by atoms with Crippen molar-refractivity contribution in [3.05, 3.63) is 86.3 Å². The zero-order valence-electron chi connectivity index (χ0n) is 18.3. The van der Waals surface area contributed by atoms with Gasteiger partial charge in [0.25, 0.3) is 5.91 Å². The fourth-order valence-electron chi connectivity index (χ4n) is 3.25. The Morgan fingerprint density at radius 2 is 1.81 bits per heavy atom. The predicted octanol–water partition coefficient (Wildman–Crippen LogP) is 4.42. The van der Waals surface area contributed by atoms with E-state index in [0.717, 1.165) is 11.1 Å². The van der Waals surface area contributed by atoms with Gasteiger partial charge in [-0.1, -0.05) is 43.6 Å². The summed E-state index contributed by atoms with van der Waals surface area (Å²) < 4.78 is 6.53. The first-order chi connectivity index (χ1) is 15.2. The third kappa shape index (κ3) is 5.23. The number of carbonyl (C=O) groups excluding carboxylic acids is 2. The average molecular weight is 454 g/mol. The molecule has 0 saturated heterocycles. The van der Waals surface area contributed by atoms with Gasteiger partial charge in [-0.05, 0) is 55.2 Å². The summed E-state index contributed by atoms with van der Waals surface area (Å²) in [5, 5.41) is 7.49. The molecule has 1 aromatic heterocycles. The van der Waals surface area contributed by atoms with Gasteiger partial charge in [-0.3, -0.25) is 9.59 Å². The number of halogens is 1. The molecule has 1 heterocycles. The summed E-state index contributed by atoms with van der Waals surface area (Å²) in [6.45, 7) is 7.10. The van der Waals surface area contributed by atoms with E-state index in [1.807, 2.05) is 39.0 Å². The van der Waals surface area contributed by atoms with Gasteiger partial charge in [-0.25, -0.2) is 9.48 Å². The highest BCUT2D eigenvalue weighted by molar-refractivity contribution is 6.30. The molecule has 3 rings (SSSR count).